The van der Waals surface area contributed by atoms with Gasteiger partial charge in [0, 0.05) is 13.1 Å². The lowest BCUT2D eigenvalue weighted by Crippen LogP contribution is -2.35. The van der Waals surface area contributed by atoms with E-state index in [0.717, 1.165) is 12.8 Å². The molecule has 1 saturated heterocycles. The average molecular weight is 174 g/mol. The van der Waals surface area contributed by atoms with Crippen LogP contribution in [0.4, 0.5) is 0 Å². The quantitative estimate of drug-likeness (QED) is 0.620. The minimum Gasteiger partial charge on any atom is -0.345 e. The Kier molecular flexibility index (Phi) is 3.94. The molecule has 12 heavy (non-hydrogen) atoms. The maximum Gasteiger partial charge on any atom is 0.158 e. The molecule has 1 fully saturated rings. The Morgan fingerprint density at radius 3 is 1.92 bits per heavy atom. The van der Waals surface area contributed by atoms with E-state index in [0.29, 0.717) is 13.1 Å². The number of nitrogens with two attached hydrogens (primary N) is 2. The van der Waals surface area contributed by atoms with E-state index in [-0.39, 0.29) is 18.5 Å². The minimum absolute atomic E-state index is 0.00782. The number of rotatable bonds is 4. The zero-order chi connectivity index (χ0) is 8.97. The predicted octanol–water partition coefficient (Wildman–Crippen LogP) is -0.186. The molecule has 0 aromatic heterocycles. The van der Waals surface area contributed by atoms with E-state index >= 15 is 0 Å². The Balaban J connectivity index is 2.36. The molecular weight excluding hydrogens is 156 g/mol. The first-order valence-corrected chi connectivity index (χ1v) is 4.52. The van der Waals surface area contributed by atoms with Gasteiger partial charge in [0.1, 0.15) is 12.2 Å². The lowest BCUT2D eigenvalue weighted by atomic mass is 10.2. The Morgan fingerprint density at radius 1 is 1.08 bits per heavy atom. The topological polar surface area (TPSA) is 70.5 Å². The largest absolute Gasteiger partial charge is 0.345 e. The zero-order valence-electron chi connectivity index (χ0n) is 7.53. The molecule has 2 atom stereocenters. The van der Waals surface area contributed by atoms with Gasteiger partial charge < -0.3 is 20.9 Å². The van der Waals surface area contributed by atoms with Crippen LogP contribution in [0.2, 0.25) is 0 Å². The molecule has 1 rings (SSSR count). The van der Waals surface area contributed by atoms with Crippen molar-refractivity contribution in [2.24, 2.45) is 11.5 Å². The average Bonchev–Trinajstić information content (AvgIpc) is 2.48. The van der Waals surface area contributed by atoms with Crippen LogP contribution in [0.3, 0.4) is 0 Å². The summed E-state index contributed by atoms with van der Waals surface area (Å²) in [5.41, 5.74) is 11.0. The second-order valence-corrected chi connectivity index (χ2v) is 3.04. The highest BCUT2D eigenvalue weighted by Gasteiger charge is 2.33. The molecule has 4 N–H and O–H groups in total. The molecule has 0 saturated carbocycles. The molecule has 0 unspecified atom stereocenters. The first-order chi connectivity index (χ1) is 5.81. The van der Waals surface area contributed by atoms with Crippen molar-refractivity contribution in [2.45, 2.75) is 38.3 Å². The van der Waals surface area contributed by atoms with Gasteiger partial charge in [-0.15, -0.1) is 0 Å². The molecule has 1 aliphatic rings. The number of hydrogen-bond acceptors (Lipinski definition) is 4. The van der Waals surface area contributed by atoms with Crippen molar-refractivity contribution in [1.82, 2.24) is 0 Å². The lowest BCUT2D eigenvalue weighted by molar-refractivity contribution is -0.0687. The minimum atomic E-state index is -0.0860. The molecule has 0 spiro atoms. The maximum absolute atomic E-state index is 5.53. The number of hydrogen-bond donors (Lipinski definition) is 2. The molecule has 0 aliphatic carbocycles. The van der Waals surface area contributed by atoms with Gasteiger partial charge in [-0.2, -0.15) is 0 Å². The molecule has 4 nitrogen and oxygen atoms in total. The van der Waals surface area contributed by atoms with E-state index in [1.165, 1.54) is 0 Å². The smallest absolute Gasteiger partial charge is 0.158 e. The SMILES string of the molecule is CCCC1O[C@H](CN)[C@@H](CN)O1. The number of ether oxygens (including phenoxy) is 2. The van der Waals surface area contributed by atoms with Gasteiger partial charge >= 0.3 is 0 Å². The van der Waals surface area contributed by atoms with Crippen LogP contribution in [0.1, 0.15) is 19.8 Å². The highest BCUT2D eigenvalue weighted by atomic mass is 16.7. The van der Waals surface area contributed by atoms with Gasteiger partial charge in [0.25, 0.3) is 0 Å². The first-order valence-electron chi connectivity index (χ1n) is 4.52. The summed E-state index contributed by atoms with van der Waals surface area (Å²) in [5, 5.41) is 0. The third kappa shape index (κ3) is 2.17. The van der Waals surface area contributed by atoms with Crippen LogP contribution in [0, 0.1) is 0 Å². The van der Waals surface area contributed by atoms with Gasteiger partial charge in [0.2, 0.25) is 0 Å². The van der Waals surface area contributed by atoms with Crippen LogP contribution in [0.15, 0.2) is 0 Å². The van der Waals surface area contributed by atoms with E-state index in [1.54, 1.807) is 0 Å². The summed E-state index contributed by atoms with van der Waals surface area (Å²) >= 11 is 0. The summed E-state index contributed by atoms with van der Waals surface area (Å²) in [5.74, 6) is 0. The van der Waals surface area contributed by atoms with Gasteiger partial charge in [-0.05, 0) is 6.42 Å². The summed E-state index contributed by atoms with van der Waals surface area (Å²) in [4.78, 5) is 0. The fraction of sp³-hybridized carbons (Fsp3) is 1.00. The van der Waals surface area contributed by atoms with Crippen molar-refractivity contribution in [3.05, 3.63) is 0 Å². The van der Waals surface area contributed by atoms with Crippen molar-refractivity contribution >= 4 is 0 Å². The lowest BCUT2D eigenvalue weighted by Gasteiger charge is -2.11. The third-order valence-electron chi connectivity index (χ3n) is 2.06. The van der Waals surface area contributed by atoms with Crippen LogP contribution in [-0.4, -0.2) is 31.6 Å². The Morgan fingerprint density at radius 2 is 1.58 bits per heavy atom. The Labute approximate surface area is 73.2 Å². The van der Waals surface area contributed by atoms with Gasteiger partial charge in [-0.25, -0.2) is 0 Å². The van der Waals surface area contributed by atoms with Gasteiger partial charge in [-0.1, -0.05) is 13.3 Å². The molecule has 0 aromatic carbocycles. The van der Waals surface area contributed by atoms with Crippen LogP contribution < -0.4 is 11.5 Å². The summed E-state index contributed by atoms with van der Waals surface area (Å²) < 4.78 is 11.1. The summed E-state index contributed by atoms with van der Waals surface area (Å²) in [6, 6.07) is 0. The monoisotopic (exact) mass is 174 g/mol. The summed E-state index contributed by atoms with van der Waals surface area (Å²) in [6.07, 6.45) is 1.88. The Hall–Kier alpha value is -0.160. The second kappa shape index (κ2) is 4.77. The second-order valence-electron chi connectivity index (χ2n) is 3.04. The highest BCUT2D eigenvalue weighted by molar-refractivity contribution is 4.78. The zero-order valence-corrected chi connectivity index (χ0v) is 7.53. The first kappa shape index (κ1) is 9.92. The van der Waals surface area contributed by atoms with Crippen molar-refractivity contribution < 1.29 is 9.47 Å². The third-order valence-corrected chi connectivity index (χ3v) is 2.06. The standard InChI is InChI=1S/C8H18N2O2/c1-2-3-8-11-6(4-9)7(5-10)12-8/h6-8H,2-5,9-10H2,1H3/t6-,7-/m1/s1. The van der Waals surface area contributed by atoms with Crippen LogP contribution >= 0.6 is 0 Å². The molecule has 4 heteroatoms. The van der Waals surface area contributed by atoms with Crippen LogP contribution in [0.25, 0.3) is 0 Å². The summed E-state index contributed by atoms with van der Waals surface area (Å²) in [7, 11) is 0. The fourth-order valence-electron chi connectivity index (χ4n) is 1.38. The molecule has 0 aromatic rings. The fourth-order valence-corrected chi connectivity index (χ4v) is 1.38. The van der Waals surface area contributed by atoms with Gasteiger partial charge in [0.15, 0.2) is 6.29 Å². The van der Waals surface area contributed by atoms with E-state index < -0.39 is 0 Å². The maximum atomic E-state index is 5.53. The molecule has 1 heterocycles. The molecule has 0 bridgehead atoms. The van der Waals surface area contributed by atoms with E-state index in [9.17, 15) is 0 Å². The predicted molar refractivity (Wildman–Crippen MR) is 46.6 cm³/mol. The molecule has 0 amide bonds. The van der Waals surface area contributed by atoms with E-state index in [1.807, 2.05) is 0 Å². The van der Waals surface area contributed by atoms with Crippen molar-refractivity contribution in [1.29, 1.82) is 0 Å². The Bertz CT molecular complexity index is 120. The highest BCUT2D eigenvalue weighted by Crippen LogP contribution is 2.20. The molecule has 0 radical (unpaired) electrons. The van der Waals surface area contributed by atoms with Crippen LogP contribution in [-0.2, 0) is 9.47 Å². The van der Waals surface area contributed by atoms with Gasteiger partial charge in [0.05, 0.1) is 0 Å². The molecule has 72 valence electrons. The molecular formula is C8H18N2O2. The van der Waals surface area contributed by atoms with Crippen molar-refractivity contribution in [3.63, 3.8) is 0 Å². The van der Waals surface area contributed by atoms with E-state index in [4.69, 9.17) is 20.9 Å². The molecule has 1 aliphatic heterocycles. The van der Waals surface area contributed by atoms with Crippen molar-refractivity contribution in [2.75, 3.05) is 13.1 Å². The van der Waals surface area contributed by atoms with Crippen LogP contribution in [0.5, 0.6) is 0 Å². The normalized spacial score (nSPS) is 31.2. The summed E-state index contributed by atoms with van der Waals surface area (Å²) in [6.45, 7) is 3.07. The van der Waals surface area contributed by atoms with Crippen molar-refractivity contribution in [3.8, 4) is 0 Å². The van der Waals surface area contributed by atoms with Gasteiger partial charge in [-0.3, -0.25) is 0 Å². The van der Waals surface area contributed by atoms with E-state index in [2.05, 4.69) is 6.92 Å².